The van der Waals surface area contributed by atoms with Gasteiger partial charge in [-0.1, -0.05) is 24.3 Å². The summed E-state index contributed by atoms with van der Waals surface area (Å²) in [4.78, 5) is 0. The quantitative estimate of drug-likeness (QED) is 0.663. The van der Waals surface area contributed by atoms with Gasteiger partial charge >= 0.3 is 0 Å². The number of methoxy groups -OCH3 is 1. The van der Waals surface area contributed by atoms with Crippen LogP contribution < -0.4 is 4.74 Å². The monoisotopic (exact) mass is 386 g/mol. The molecule has 0 bridgehead atoms. The van der Waals surface area contributed by atoms with Crippen molar-refractivity contribution in [2.24, 2.45) is 0 Å². The van der Waals surface area contributed by atoms with Gasteiger partial charge in [-0.25, -0.2) is 0 Å². The molecule has 1 aliphatic heterocycles. The average Bonchev–Trinajstić information content (AvgIpc) is 2.99. The van der Waals surface area contributed by atoms with Crippen molar-refractivity contribution in [2.45, 2.75) is 77.5 Å². The van der Waals surface area contributed by atoms with Crippen LogP contribution in [0.15, 0.2) is 36.4 Å². The van der Waals surface area contributed by atoms with E-state index in [0.717, 1.165) is 23.1 Å². The molecule has 3 atom stereocenters. The molecular formula is C24H34O4. The fraction of sp³-hybridized carbons (Fsp3) is 0.583. The van der Waals surface area contributed by atoms with Crippen molar-refractivity contribution in [3.63, 3.8) is 0 Å². The normalized spacial score (nSPS) is 23.3. The molecule has 0 spiro atoms. The van der Waals surface area contributed by atoms with E-state index in [1.807, 2.05) is 6.07 Å². The summed E-state index contributed by atoms with van der Waals surface area (Å²) >= 11 is 0. The fourth-order valence-electron chi connectivity index (χ4n) is 3.64. The summed E-state index contributed by atoms with van der Waals surface area (Å²) in [6.07, 6.45) is 0.563. The number of fused-ring (bicyclic) bond motifs is 1. The smallest absolute Gasteiger partial charge is 0.125 e. The standard InChI is InChI=1S/C24H34O4/c1-23(2,3)26-15-22-21(28-24(4,5)6)14-20(27-22)18-12-16-10-8-9-11-17(16)13-19(18)25-7/h8-13,20-22H,14-15H2,1-7H3. The predicted octanol–water partition coefficient (Wildman–Crippen LogP) is 5.68. The number of rotatable bonds is 5. The Balaban J connectivity index is 1.88. The summed E-state index contributed by atoms with van der Waals surface area (Å²) in [7, 11) is 1.71. The Kier molecular flexibility index (Phi) is 6.04. The molecule has 0 saturated carbocycles. The van der Waals surface area contributed by atoms with Crippen LogP contribution in [0.1, 0.15) is 59.6 Å². The maximum absolute atomic E-state index is 6.46. The Labute approximate surface area is 169 Å². The summed E-state index contributed by atoms with van der Waals surface area (Å²) in [6.45, 7) is 12.9. The van der Waals surface area contributed by atoms with Crippen LogP contribution in [0.5, 0.6) is 5.75 Å². The molecule has 4 heteroatoms. The highest BCUT2D eigenvalue weighted by atomic mass is 16.6. The average molecular weight is 387 g/mol. The second kappa shape index (κ2) is 8.02. The van der Waals surface area contributed by atoms with Gasteiger partial charge in [0.15, 0.2) is 0 Å². The first-order valence-corrected chi connectivity index (χ1v) is 10.1. The van der Waals surface area contributed by atoms with Crippen molar-refractivity contribution in [1.29, 1.82) is 0 Å². The molecule has 1 fully saturated rings. The third-order valence-corrected chi connectivity index (χ3v) is 4.83. The summed E-state index contributed by atoms with van der Waals surface area (Å²) < 4.78 is 24.5. The number of hydrogen-bond donors (Lipinski definition) is 0. The van der Waals surface area contributed by atoms with Crippen LogP contribution in [-0.4, -0.2) is 37.1 Å². The van der Waals surface area contributed by atoms with E-state index in [2.05, 4.69) is 71.9 Å². The summed E-state index contributed by atoms with van der Waals surface area (Å²) in [5.74, 6) is 0.857. The molecular weight excluding hydrogens is 352 g/mol. The first-order chi connectivity index (χ1) is 13.1. The lowest BCUT2D eigenvalue weighted by molar-refractivity contribution is -0.128. The van der Waals surface area contributed by atoms with E-state index in [0.29, 0.717) is 6.61 Å². The Morgan fingerprint density at radius 3 is 2.18 bits per heavy atom. The second-order valence-corrected chi connectivity index (χ2v) is 9.53. The molecule has 2 aromatic rings. The number of benzene rings is 2. The summed E-state index contributed by atoms with van der Waals surface area (Å²) in [5.41, 5.74) is 0.618. The third kappa shape index (κ3) is 5.25. The maximum atomic E-state index is 6.46. The molecule has 1 saturated heterocycles. The molecule has 0 aromatic heterocycles. The van der Waals surface area contributed by atoms with E-state index in [9.17, 15) is 0 Å². The molecule has 1 heterocycles. The van der Waals surface area contributed by atoms with Gasteiger partial charge in [-0.05, 0) is 64.4 Å². The second-order valence-electron chi connectivity index (χ2n) is 9.53. The zero-order valence-electron chi connectivity index (χ0n) is 18.2. The van der Waals surface area contributed by atoms with Crippen LogP contribution in [0.3, 0.4) is 0 Å². The van der Waals surface area contributed by atoms with Crippen LogP contribution in [-0.2, 0) is 14.2 Å². The fourth-order valence-corrected chi connectivity index (χ4v) is 3.64. The minimum absolute atomic E-state index is 0.0245. The molecule has 3 rings (SSSR count). The Hall–Kier alpha value is -1.62. The lowest BCUT2D eigenvalue weighted by Crippen LogP contribution is -2.37. The van der Waals surface area contributed by atoms with Gasteiger partial charge in [0.1, 0.15) is 11.9 Å². The Morgan fingerprint density at radius 2 is 1.61 bits per heavy atom. The highest BCUT2D eigenvalue weighted by Crippen LogP contribution is 2.41. The van der Waals surface area contributed by atoms with Crippen molar-refractivity contribution in [3.05, 3.63) is 42.0 Å². The maximum Gasteiger partial charge on any atom is 0.125 e. The number of ether oxygens (including phenoxy) is 4. The van der Waals surface area contributed by atoms with Crippen molar-refractivity contribution < 1.29 is 18.9 Å². The summed E-state index contributed by atoms with van der Waals surface area (Å²) in [5, 5.41) is 2.35. The summed E-state index contributed by atoms with van der Waals surface area (Å²) in [6, 6.07) is 12.6. The topological polar surface area (TPSA) is 36.9 Å². The van der Waals surface area contributed by atoms with Crippen LogP contribution >= 0.6 is 0 Å². The van der Waals surface area contributed by atoms with Gasteiger partial charge in [0.2, 0.25) is 0 Å². The third-order valence-electron chi connectivity index (χ3n) is 4.83. The van der Waals surface area contributed by atoms with E-state index in [4.69, 9.17) is 18.9 Å². The molecule has 0 aliphatic carbocycles. The highest BCUT2D eigenvalue weighted by Gasteiger charge is 2.40. The minimum Gasteiger partial charge on any atom is -0.496 e. The SMILES string of the molecule is COc1cc2ccccc2cc1C1CC(OC(C)(C)C)C(COC(C)(C)C)O1. The van der Waals surface area contributed by atoms with Gasteiger partial charge < -0.3 is 18.9 Å². The molecule has 0 N–H and O–H groups in total. The Morgan fingerprint density at radius 1 is 0.964 bits per heavy atom. The van der Waals surface area contributed by atoms with Crippen LogP contribution in [0.4, 0.5) is 0 Å². The zero-order valence-corrected chi connectivity index (χ0v) is 18.2. The van der Waals surface area contributed by atoms with Gasteiger partial charge in [0, 0.05) is 12.0 Å². The van der Waals surface area contributed by atoms with Gasteiger partial charge in [-0.2, -0.15) is 0 Å². The molecule has 0 radical (unpaired) electrons. The van der Waals surface area contributed by atoms with Gasteiger partial charge in [-0.3, -0.25) is 0 Å². The molecule has 3 unspecified atom stereocenters. The van der Waals surface area contributed by atoms with Crippen molar-refractivity contribution >= 4 is 10.8 Å². The molecule has 2 aromatic carbocycles. The van der Waals surface area contributed by atoms with Crippen molar-refractivity contribution in [1.82, 2.24) is 0 Å². The van der Waals surface area contributed by atoms with E-state index in [-0.39, 0.29) is 29.5 Å². The van der Waals surface area contributed by atoms with Crippen LogP contribution in [0.25, 0.3) is 10.8 Å². The predicted molar refractivity (Wildman–Crippen MR) is 113 cm³/mol. The van der Waals surface area contributed by atoms with E-state index >= 15 is 0 Å². The van der Waals surface area contributed by atoms with Crippen molar-refractivity contribution in [3.8, 4) is 5.75 Å². The largest absolute Gasteiger partial charge is 0.496 e. The lowest BCUT2D eigenvalue weighted by atomic mass is 9.99. The highest BCUT2D eigenvalue weighted by molar-refractivity contribution is 5.85. The molecule has 0 amide bonds. The van der Waals surface area contributed by atoms with E-state index < -0.39 is 0 Å². The number of hydrogen-bond acceptors (Lipinski definition) is 4. The van der Waals surface area contributed by atoms with Crippen LogP contribution in [0, 0.1) is 0 Å². The van der Waals surface area contributed by atoms with E-state index in [1.165, 1.54) is 5.39 Å². The Bertz CT molecular complexity index is 800. The van der Waals surface area contributed by atoms with Gasteiger partial charge in [0.25, 0.3) is 0 Å². The minimum atomic E-state index is -0.240. The van der Waals surface area contributed by atoms with E-state index in [1.54, 1.807) is 7.11 Å². The van der Waals surface area contributed by atoms with Gasteiger partial charge in [-0.15, -0.1) is 0 Å². The lowest BCUT2D eigenvalue weighted by Gasteiger charge is -2.29. The molecule has 28 heavy (non-hydrogen) atoms. The zero-order chi connectivity index (χ0) is 20.5. The van der Waals surface area contributed by atoms with Crippen LogP contribution in [0.2, 0.25) is 0 Å². The van der Waals surface area contributed by atoms with Gasteiger partial charge in [0.05, 0.1) is 37.1 Å². The molecule has 4 nitrogen and oxygen atoms in total. The first-order valence-electron chi connectivity index (χ1n) is 10.1. The molecule has 154 valence electrons. The van der Waals surface area contributed by atoms with Crippen molar-refractivity contribution in [2.75, 3.05) is 13.7 Å². The first kappa shape index (κ1) is 21.1. The molecule has 1 aliphatic rings.